The first kappa shape index (κ1) is 25.0. The van der Waals surface area contributed by atoms with Crippen molar-refractivity contribution in [2.75, 3.05) is 19.0 Å². The summed E-state index contributed by atoms with van der Waals surface area (Å²) < 4.78 is 11.8. The molecule has 0 fully saturated rings. The summed E-state index contributed by atoms with van der Waals surface area (Å²) in [5.41, 5.74) is 3.01. The van der Waals surface area contributed by atoms with Gasteiger partial charge in [0.1, 0.15) is 6.54 Å². The molecule has 34 heavy (non-hydrogen) atoms. The highest BCUT2D eigenvalue weighted by molar-refractivity contribution is 7.98. The van der Waals surface area contributed by atoms with Crippen LogP contribution < -0.4 is 15.5 Å². The summed E-state index contributed by atoms with van der Waals surface area (Å²) in [5.74, 6) is -0.189. The van der Waals surface area contributed by atoms with Gasteiger partial charge < -0.3 is 19.4 Å². The number of nitrogens with one attached hydrogen (secondary N) is 1. The van der Waals surface area contributed by atoms with E-state index in [2.05, 4.69) is 15.3 Å². The maximum Gasteiger partial charge on any atom is 0.338 e. The molecule has 1 amide bonds. The Bertz CT molecular complexity index is 1220. The standard InChI is InChI=1S/C24H26N4O5S/c1-5-33-23(31)17-6-8-18(9-7-17)27-22(30)13-28-12-21(32-4)20(29)11-19(28)14-34-24-25-15(2)10-16(3)26-24/h6-12H,5,13-14H2,1-4H3,(H,27,30). The van der Waals surface area contributed by atoms with Gasteiger partial charge in [-0.25, -0.2) is 14.8 Å². The lowest BCUT2D eigenvalue weighted by atomic mass is 10.2. The maximum atomic E-state index is 12.7. The highest BCUT2D eigenvalue weighted by atomic mass is 32.2. The molecule has 0 unspecified atom stereocenters. The topological polar surface area (TPSA) is 112 Å². The third kappa shape index (κ3) is 6.67. The van der Waals surface area contributed by atoms with Gasteiger partial charge in [0.25, 0.3) is 0 Å². The summed E-state index contributed by atoms with van der Waals surface area (Å²) in [5, 5.41) is 3.39. The van der Waals surface area contributed by atoms with Crippen molar-refractivity contribution >= 4 is 29.3 Å². The maximum absolute atomic E-state index is 12.7. The Morgan fingerprint density at radius 2 is 1.76 bits per heavy atom. The number of carbonyl (C=O) groups is 2. The number of ether oxygens (including phenoxy) is 2. The van der Waals surface area contributed by atoms with Gasteiger partial charge in [0.05, 0.1) is 25.5 Å². The van der Waals surface area contributed by atoms with E-state index in [4.69, 9.17) is 9.47 Å². The van der Waals surface area contributed by atoms with Crippen molar-refractivity contribution in [2.24, 2.45) is 0 Å². The molecule has 3 aromatic rings. The van der Waals surface area contributed by atoms with Crippen molar-refractivity contribution in [1.82, 2.24) is 14.5 Å². The zero-order chi connectivity index (χ0) is 24.7. The van der Waals surface area contributed by atoms with Crippen LogP contribution in [0.1, 0.15) is 34.4 Å². The molecule has 0 aliphatic heterocycles. The average Bonchev–Trinajstić information content (AvgIpc) is 2.79. The number of benzene rings is 1. The molecule has 9 nitrogen and oxygen atoms in total. The summed E-state index contributed by atoms with van der Waals surface area (Å²) in [6, 6.07) is 9.77. The fourth-order valence-electron chi connectivity index (χ4n) is 3.17. The summed E-state index contributed by atoms with van der Waals surface area (Å²) in [4.78, 5) is 45.7. The average molecular weight is 483 g/mol. The van der Waals surface area contributed by atoms with E-state index >= 15 is 0 Å². The van der Waals surface area contributed by atoms with Crippen LogP contribution in [-0.4, -0.2) is 40.1 Å². The molecular weight excluding hydrogens is 456 g/mol. The Balaban J connectivity index is 1.75. The molecule has 10 heteroatoms. The van der Waals surface area contributed by atoms with Gasteiger partial charge in [-0.15, -0.1) is 0 Å². The fraction of sp³-hybridized carbons (Fsp3) is 0.292. The molecule has 0 saturated heterocycles. The van der Waals surface area contributed by atoms with E-state index in [0.29, 0.717) is 27.9 Å². The van der Waals surface area contributed by atoms with E-state index < -0.39 is 5.97 Å². The van der Waals surface area contributed by atoms with Crippen molar-refractivity contribution in [1.29, 1.82) is 0 Å². The van der Waals surface area contributed by atoms with E-state index in [0.717, 1.165) is 11.4 Å². The first-order valence-electron chi connectivity index (χ1n) is 10.6. The predicted molar refractivity (Wildman–Crippen MR) is 129 cm³/mol. The molecule has 0 bridgehead atoms. The number of carbonyl (C=O) groups excluding carboxylic acids is 2. The molecule has 1 aromatic carbocycles. The van der Waals surface area contributed by atoms with Gasteiger partial charge in [-0.3, -0.25) is 9.59 Å². The Morgan fingerprint density at radius 3 is 2.38 bits per heavy atom. The molecule has 1 N–H and O–H groups in total. The summed E-state index contributed by atoms with van der Waals surface area (Å²) in [6.45, 7) is 5.77. The summed E-state index contributed by atoms with van der Waals surface area (Å²) >= 11 is 1.38. The summed E-state index contributed by atoms with van der Waals surface area (Å²) in [6.07, 6.45) is 1.52. The van der Waals surface area contributed by atoms with Gasteiger partial charge in [-0.05, 0) is 51.1 Å². The number of amides is 1. The van der Waals surface area contributed by atoms with Crippen molar-refractivity contribution in [2.45, 2.75) is 38.2 Å². The molecule has 0 radical (unpaired) electrons. The Kier molecular flexibility index (Phi) is 8.42. The summed E-state index contributed by atoms with van der Waals surface area (Å²) in [7, 11) is 1.41. The molecule has 178 valence electrons. The Morgan fingerprint density at radius 1 is 1.09 bits per heavy atom. The molecule has 0 aliphatic carbocycles. The lowest BCUT2D eigenvalue weighted by Gasteiger charge is -2.15. The van der Waals surface area contributed by atoms with Crippen LogP contribution in [0.3, 0.4) is 0 Å². The van der Waals surface area contributed by atoms with Crippen molar-refractivity contribution in [3.05, 3.63) is 75.5 Å². The first-order chi connectivity index (χ1) is 16.3. The lowest BCUT2D eigenvalue weighted by Crippen LogP contribution is -2.22. The van der Waals surface area contributed by atoms with Gasteiger partial charge in [-0.2, -0.15) is 0 Å². The zero-order valence-electron chi connectivity index (χ0n) is 19.5. The van der Waals surface area contributed by atoms with Crippen LogP contribution in [0, 0.1) is 13.8 Å². The van der Waals surface area contributed by atoms with Gasteiger partial charge in [0.15, 0.2) is 10.9 Å². The number of anilines is 1. The number of pyridine rings is 1. The van der Waals surface area contributed by atoms with E-state index in [1.165, 1.54) is 31.1 Å². The minimum absolute atomic E-state index is 0.0418. The number of hydrogen-bond donors (Lipinski definition) is 1. The number of aryl methyl sites for hydroxylation is 2. The van der Waals surface area contributed by atoms with Gasteiger partial charge >= 0.3 is 5.97 Å². The molecular formula is C24H26N4O5S. The number of rotatable bonds is 9. The van der Waals surface area contributed by atoms with E-state index in [1.807, 2.05) is 19.9 Å². The van der Waals surface area contributed by atoms with E-state index in [1.54, 1.807) is 35.8 Å². The van der Waals surface area contributed by atoms with Crippen molar-refractivity contribution in [3.8, 4) is 5.75 Å². The van der Waals surface area contributed by atoms with Crippen molar-refractivity contribution < 1.29 is 19.1 Å². The molecule has 0 saturated carbocycles. The molecule has 3 rings (SSSR count). The van der Waals surface area contributed by atoms with E-state index in [-0.39, 0.29) is 30.2 Å². The molecule has 2 aromatic heterocycles. The number of esters is 1. The monoisotopic (exact) mass is 482 g/mol. The third-order valence-electron chi connectivity index (χ3n) is 4.71. The molecule has 0 aliphatic rings. The normalized spacial score (nSPS) is 10.6. The van der Waals surface area contributed by atoms with Crippen LogP contribution in [-0.2, 0) is 21.8 Å². The van der Waals surface area contributed by atoms with Crippen molar-refractivity contribution in [3.63, 3.8) is 0 Å². The fourth-order valence-corrected chi connectivity index (χ4v) is 4.12. The van der Waals surface area contributed by atoms with Crippen LogP contribution in [0.2, 0.25) is 0 Å². The highest BCUT2D eigenvalue weighted by Gasteiger charge is 2.13. The second-order valence-electron chi connectivity index (χ2n) is 7.39. The third-order valence-corrected chi connectivity index (χ3v) is 5.59. The largest absolute Gasteiger partial charge is 0.491 e. The highest BCUT2D eigenvalue weighted by Crippen LogP contribution is 2.21. The zero-order valence-corrected chi connectivity index (χ0v) is 20.3. The quantitative estimate of drug-likeness (QED) is 0.281. The van der Waals surface area contributed by atoms with Crippen LogP contribution in [0.4, 0.5) is 5.69 Å². The van der Waals surface area contributed by atoms with E-state index in [9.17, 15) is 14.4 Å². The minimum atomic E-state index is -0.421. The predicted octanol–water partition coefficient (Wildman–Crippen LogP) is 3.37. The Hall–Kier alpha value is -3.66. The SMILES string of the molecule is CCOC(=O)c1ccc(NC(=O)Cn2cc(OC)c(=O)cc2CSc2nc(C)cc(C)n2)cc1. The smallest absolute Gasteiger partial charge is 0.338 e. The second-order valence-corrected chi connectivity index (χ2v) is 8.34. The second kappa shape index (κ2) is 11.5. The molecule has 2 heterocycles. The Labute approximate surface area is 201 Å². The molecule has 0 spiro atoms. The number of aromatic nitrogens is 3. The number of thioether (sulfide) groups is 1. The van der Waals surface area contributed by atoms with Crippen LogP contribution >= 0.6 is 11.8 Å². The number of methoxy groups -OCH3 is 1. The van der Waals surface area contributed by atoms with Gasteiger partial charge in [0.2, 0.25) is 11.3 Å². The lowest BCUT2D eigenvalue weighted by molar-refractivity contribution is -0.116. The first-order valence-corrected chi connectivity index (χ1v) is 11.6. The minimum Gasteiger partial charge on any atom is -0.491 e. The van der Waals surface area contributed by atoms with Gasteiger partial charge in [-0.1, -0.05) is 11.8 Å². The molecule has 0 atom stereocenters. The number of nitrogens with zero attached hydrogens (tertiary/aromatic N) is 3. The van der Waals surface area contributed by atoms with Crippen LogP contribution in [0.15, 0.2) is 52.5 Å². The van der Waals surface area contributed by atoms with Crippen LogP contribution in [0.25, 0.3) is 0 Å². The number of hydrogen-bond acceptors (Lipinski definition) is 8. The van der Waals surface area contributed by atoms with Crippen LogP contribution in [0.5, 0.6) is 5.75 Å². The van der Waals surface area contributed by atoms with Gasteiger partial charge in [0, 0.05) is 34.6 Å².